The van der Waals surface area contributed by atoms with Gasteiger partial charge in [-0.1, -0.05) is 60.7 Å². The highest BCUT2D eigenvalue weighted by Gasteiger charge is 2.27. The Bertz CT molecular complexity index is 1210. The number of aromatic nitrogens is 1. The van der Waals surface area contributed by atoms with Crippen LogP contribution in [0.25, 0.3) is 10.9 Å². The van der Waals surface area contributed by atoms with E-state index in [1.54, 1.807) is 0 Å². The summed E-state index contributed by atoms with van der Waals surface area (Å²) in [5.74, 6) is 1.27. The summed E-state index contributed by atoms with van der Waals surface area (Å²) in [6, 6.07) is 29.2. The number of ether oxygens (including phenoxy) is 3. The van der Waals surface area contributed by atoms with Crippen LogP contribution in [0.4, 0.5) is 0 Å². The van der Waals surface area contributed by atoms with Crippen LogP contribution >= 0.6 is 0 Å². The Balaban J connectivity index is 1.09. The second-order valence-corrected chi connectivity index (χ2v) is 9.29. The molecular formula is C31H34N2O3. The third kappa shape index (κ3) is 6.70. The summed E-state index contributed by atoms with van der Waals surface area (Å²) < 4.78 is 18.1. The van der Waals surface area contributed by atoms with E-state index in [9.17, 15) is 0 Å². The monoisotopic (exact) mass is 482 g/mol. The number of rotatable bonds is 11. The molecule has 0 saturated carbocycles. The molecule has 4 aromatic rings. The predicted octanol–water partition coefficient (Wildman–Crippen LogP) is 5.88. The zero-order valence-electron chi connectivity index (χ0n) is 20.6. The van der Waals surface area contributed by atoms with Crippen LogP contribution in [0.3, 0.4) is 0 Å². The minimum atomic E-state index is 0.131. The van der Waals surface area contributed by atoms with Crippen molar-refractivity contribution in [3.8, 4) is 5.75 Å². The highest BCUT2D eigenvalue weighted by atomic mass is 16.5. The third-order valence-electron chi connectivity index (χ3n) is 6.68. The van der Waals surface area contributed by atoms with Gasteiger partial charge in [-0.05, 0) is 53.9 Å². The first kappa shape index (κ1) is 24.4. The Hall–Kier alpha value is -3.25. The van der Waals surface area contributed by atoms with Crippen molar-refractivity contribution >= 4 is 10.9 Å². The zero-order valence-corrected chi connectivity index (χ0v) is 20.6. The first-order valence-corrected chi connectivity index (χ1v) is 12.9. The van der Waals surface area contributed by atoms with Crippen LogP contribution in [0.15, 0.2) is 91.1 Å². The average molecular weight is 483 g/mol. The molecule has 186 valence electrons. The van der Waals surface area contributed by atoms with Crippen molar-refractivity contribution in [2.75, 3.05) is 26.3 Å². The minimum absolute atomic E-state index is 0.131. The van der Waals surface area contributed by atoms with E-state index < -0.39 is 0 Å². The zero-order chi connectivity index (χ0) is 24.4. The second kappa shape index (κ2) is 12.6. The van der Waals surface area contributed by atoms with Gasteiger partial charge in [-0.2, -0.15) is 0 Å². The van der Waals surface area contributed by atoms with E-state index in [1.165, 1.54) is 11.1 Å². The molecule has 1 fully saturated rings. The molecule has 1 aromatic heterocycles. The van der Waals surface area contributed by atoms with Gasteiger partial charge in [0.15, 0.2) is 0 Å². The second-order valence-electron chi connectivity index (χ2n) is 9.29. The van der Waals surface area contributed by atoms with E-state index in [0.717, 1.165) is 48.1 Å². The summed E-state index contributed by atoms with van der Waals surface area (Å²) in [4.78, 5) is 4.47. The van der Waals surface area contributed by atoms with Gasteiger partial charge < -0.3 is 19.5 Å². The highest BCUT2D eigenvalue weighted by molar-refractivity contribution is 5.78. The normalized spacial score (nSPS) is 17.8. The number of hydrogen-bond donors (Lipinski definition) is 1. The molecule has 5 rings (SSSR count). The summed E-state index contributed by atoms with van der Waals surface area (Å²) in [5.41, 5.74) is 4.67. The predicted molar refractivity (Wildman–Crippen MR) is 143 cm³/mol. The fourth-order valence-corrected chi connectivity index (χ4v) is 4.72. The molecule has 0 bridgehead atoms. The van der Waals surface area contributed by atoms with E-state index in [1.807, 2.05) is 30.5 Å². The van der Waals surface area contributed by atoms with Crippen LogP contribution in [0.1, 0.15) is 35.4 Å². The van der Waals surface area contributed by atoms with Gasteiger partial charge in [0.05, 0.1) is 38.0 Å². The number of benzene rings is 3. The van der Waals surface area contributed by atoms with E-state index in [0.29, 0.717) is 32.3 Å². The van der Waals surface area contributed by atoms with E-state index in [-0.39, 0.29) is 6.10 Å². The summed E-state index contributed by atoms with van der Waals surface area (Å²) in [6.45, 7) is 4.43. The Kier molecular flexibility index (Phi) is 8.58. The van der Waals surface area contributed by atoms with Crippen molar-refractivity contribution in [1.82, 2.24) is 10.3 Å². The first-order chi connectivity index (χ1) is 17.8. The molecular weight excluding hydrogens is 448 g/mol. The topological polar surface area (TPSA) is 52.6 Å². The first-order valence-electron chi connectivity index (χ1n) is 12.9. The van der Waals surface area contributed by atoms with Crippen molar-refractivity contribution in [2.24, 2.45) is 0 Å². The molecule has 0 aliphatic carbocycles. The van der Waals surface area contributed by atoms with Crippen molar-refractivity contribution in [3.63, 3.8) is 0 Å². The van der Waals surface area contributed by atoms with Crippen molar-refractivity contribution in [2.45, 2.75) is 38.1 Å². The quantitative estimate of drug-likeness (QED) is 0.271. The summed E-state index contributed by atoms with van der Waals surface area (Å²) in [6.07, 6.45) is 3.89. The van der Waals surface area contributed by atoms with Gasteiger partial charge in [0.2, 0.25) is 0 Å². The maximum Gasteiger partial charge on any atom is 0.119 e. The maximum absolute atomic E-state index is 6.41. The van der Waals surface area contributed by atoms with E-state index in [4.69, 9.17) is 14.2 Å². The largest absolute Gasteiger partial charge is 0.494 e. The van der Waals surface area contributed by atoms with Gasteiger partial charge in [-0.15, -0.1) is 0 Å². The van der Waals surface area contributed by atoms with E-state index in [2.05, 4.69) is 71.0 Å². The number of nitrogens with zero attached hydrogens (tertiary/aromatic N) is 1. The van der Waals surface area contributed by atoms with Gasteiger partial charge in [0.25, 0.3) is 0 Å². The fourth-order valence-electron chi connectivity index (χ4n) is 4.72. The van der Waals surface area contributed by atoms with Crippen molar-refractivity contribution in [1.29, 1.82) is 0 Å². The fraction of sp³-hybridized carbons (Fsp3) is 0.323. The van der Waals surface area contributed by atoms with Crippen molar-refractivity contribution in [3.05, 3.63) is 108 Å². The van der Waals surface area contributed by atoms with Gasteiger partial charge >= 0.3 is 0 Å². The van der Waals surface area contributed by atoms with E-state index >= 15 is 0 Å². The molecule has 0 unspecified atom stereocenters. The number of pyridine rings is 1. The lowest BCUT2D eigenvalue weighted by molar-refractivity contribution is 0.0106. The Labute approximate surface area is 213 Å². The highest BCUT2D eigenvalue weighted by Crippen LogP contribution is 2.30. The number of piperidine rings is 1. The number of fused-ring (bicyclic) bond motifs is 1. The molecule has 1 aliphatic heterocycles. The molecule has 0 amide bonds. The molecule has 0 spiro atoms. The summed E-state index contributed by atoms with van der Waals surface area (Å²) in [5, 5.41) is 4.65. The molecule has 0 radical (unpaired) electrons. The Morgan fingerprint density at radius 2 is 1.72 bits per heavy atom. The molecule has 1 N–H and O–H groups in total. The van der Waals surface area contributed by atoms with Gasteiger partial charge in [0, 0.05) is 30.5 Å². The van der Waals surface area contributed by atoms with Crippen LogP contribution in [-0.4, -0.2) is 37.4 Å². The average Bonchev–Trinajstić information content (AvgIpc) is 2.95. The Morgan fingerprint density at radius 3 is 2.61 bits per heavy atom. The molecule has 2 heterocycles. The molecule has 1 saturated heterocycles. The van der Waals surface area contributed by atoms with Gasteiger partial charge in [0.1, 0.15) is 5.75 Å². The van der Waals surface area contributed by atoms with Crippen LogP contribution in [0, 0.1) is 0 Å². The third-order valence-corrected chi connectivity index (χ3v) is 6.68. The van der Waals surface area contributed by atoms with Gasteiger partial charge in [-0.3, -0.25) is 4.98 Å². The molecule has 2 atom stereocenters. The molecule has 36 heavy (non-hydrogen) atoms. The minimum Gasteiger partial charge on any atom is -0.494 e. The molecule has 1 aliphatic rings. The molecule has 3 aromatic carbocycles. The summed E-state index contributed by atoms with van der Waals surface area (Å²) in [7, 11) is 0. The lowest BCUT2D eigenvalue weighted by atomic mass is 9.87. The van der Waals surface area contributed by atoms with Crippen molar-refractivity contribution < 1.29 is 14.2 Å². The van der Waals surface area contributed by atoms with Gasteiger partial charge in [-0.25, -0.2) is 0 Å². The smallest absolute Gasteiger partial charge is 0.119 e. The molecule has 5 heteroatoms. The lowest BCUT2D eigenvalue weighted by Gasteiger charge is -2.32. The van der Waals surface area contributed by atoms with Crippen LogP contribution in [0.5, 0.6) is 5.75 Å². The Morgan fingerprint density at radius 1 is 0.833 bits per heavy atom. The standard InChI is InChI=1S/C31H34N2O3/c1-2-6-24(7-3-1)22-34-18-5-19-35-28-13-11-26(12-14-28)29-15-17-32-21-31(29)36-23-25-9-10-27-8-4-16-33-30(27)20-25/h1-4,6-14,16,20,29,31-32H,5,15,17-19,21-23H2/t29-,31+/m1/s1. The van der Waals surface area contributed by atoms with Crippen LogP contribution in [-0.2, 0) is 22.7 Å². The van der Waals surface area contributed by atoms with Crippen LogP contribution in [0.2, 0.25) is 0 Å². The summed E-state index contributed by atoms with van der Waals surface area (Å²) >= 11 is 0. The number of nitrogens with one attached hydrogen (secondary N) is 1. The maximum atomic E-state index is 6.41. The molecule has 5 nitrogen and oxygen atoms in total. The lowest BCUT2D eigenvalue weighted by Crippen LogP contribution is -2.40. The van der Waals surface area contributed by atoms with Crippen LogP contribution < -0.4 is 10.1 Å². The SMILES string of the molecule is c1ccc(COCCCOc2ccc([C@H]3CCNC[C@@H]3OCc3ccc4cccnc4c3)cc2)cc1. The number of hydrogen-bond acceptors (Lipinski definition) is 5.